The van der Waals surface area contributed by atoms with Crippen LogP contribution in [0.25, 0.3) is 16.8 Å². The molecule has 1 fully saturated rings. The van der Waals surface area contributed by atoms with Gasteiger partial charge in [-0.05, 0) is 31.5 Å². The molecule has 4 rings (SSSR count). The summed E-state index contributed by atoms with van der Waals surface area (Å²) in [6.45, 7) is 1.74. The summed E-state index contributed by atoms with van der Waals surface area (Å²) in [7, 11) is 1.56. The van der Waals surface area contributed by atoms with E-state index in [0.717, 1.165) is 31.5 Å². The summed E-state index contributed by atoms with van der Waals surface area (Å²) in [5.41, 5.74) is 8.54. The summed E-state index contributed by atoms with van der Waals surface area (Å²) < 4.78 is 6.83. The quantitative estimate of drug-likeness (QED) is 0.626. The van der Waals surface area contributed by atoms with E-state index in [9.17, 15) is 4.79 Å². The van der Waals surface area contributed by atoms with Gasteiger partial charge in [-0.15, -0.1) is 0 Å². The van der Waals surface area contributed by atoms with E-state index in [1.54, 1.807) is 30.0 Å². The van der Waals surface area contributed by atoms with Crippen LogP contribution in [-0.2, 0) is 0 Å². The molecule has 0 spiro atoms. The molecule has 9 nitrogen and oxygen atoms in total. The topological polar surface area (TPSA) is 119 Å². The lowest BCUT2D eigenvalue weighted by atomic mass is 10.1. The number of hydrogen-bond acceptors (Lipinski definition) is 7. The van der Waals surface area contributed by atoms with Gasteiger partial charge in [-0.2, -0.15) is 5.10 Å². The number of nitrogen functional groups attached to an aromatic ring is 1. The molecule has 3 aromatic heterocycles. The van der Waals surface area contributed by atoms with Crippen molar-refractivity contribution in [2.45, 2.75) is 18.9 Å². The van der Waals surface area contributed by atoms with Crippen molar-refractivity contribution in [2.24, 2.45) is 0 Å². The Bertz CT molecular complexity index is 979. The molecule has 0 radical (unpaired) electrons. The summed E-state index contributed by atoms with van der Waals surface area (Å²) in [4.78, 5) is 21.1. The smallest absolute Gasteiger partial charge is 0.253 e. The lowest BCUT2D eigenvalue weighted by Gasteiger charge is -2.23. The van der Waals surface area contributed by atoms with Gasteiger partial charge in [0, 0.05) is 30.4 Å². The van der Waals surface area contributed by atoms with Crippen LogP contribution in [0.3, 0.4) is 0 Å². The number of aromatic nitrogens is 4. The Hall–Kier alpha value is -3.20. The molecule has 4 heterocycles. The Balaban J connectivity index is 1.77. The number of carbonyl (C=O) groups is 1. The van der Waals surface area contributed by atoms with Gasteiger partial charge in [-0.3, -0.25) is 4.79 Å². The number of amides is 1. The zero-order chi connectivity index (χ0) is 18.8. The second-order valence-corrected chi connectivity index (χ2v) is 6.45. The summed E-state index contributed by atoms with van der Waals surface area (Å²) in [5.74, 6) is 0.544. The maximum absolute atomic E-state index is 12.9. The van der Waals surface area contributed by atoms with Crippen LogP contribution in [0.15, 0.2) is 30.7 Å². The second-order valence-electron chi connectivity index (χ2n) is 6.45. The highest BCUT2D eigenvalue weighted by atomic mass is 16.5. The first-order chi connectivity index (χ1) is 13.2. The van der Waals surface area contributed by atoms with Crippen molar-refractivity contribution in [1.82, 2.24) is 30.2 Å². The van der Waals surface area contributed by atoms with Gasteiger partial charge in [-0.1, -0.05) is 0 Å². The fraction of sp³-hybridized carbons (Fsp3) is 0.333. The van der Waals surface area contributed by atoms with Gasteiger partial charge in [0.05, 0.1) is 18.4 Å². The van der Waals surface area contributed by atoms with Crippen molar-refractivity contribution in [3.05, 3.63) is 36.3 Å². The molecule has 1 atom stereocenters. The van der Waals surface area contributed by atoms with Crippen LogP contribution in [-0.4, -0.2) is 51.7 Å². The van der Waals surface area contributed by atoms with Crippen molar-refractivity contribution < 1.29 is 9.53 Å². The number of nitrogens with two attached hydrogens (primary N) is 1. The number of piperidine rings is 1. The van der Waals surface area contributed by atoms with E-state index in [1.807, 2.05) is 6.07 Å². The molecule has 1 amide bonds. The second kappa shape index (κ2) is 7.20. The fourth-order valence-electron chi connectivity index (χ4n) is 3.37. The third-order valence-corrected chi connectivity index (χ3v) is 4.70. The zero-order valence-electron chi connectivity index (χ0n) is 15.0. The van der Waals surface area contributed by atoms with Gasteiger partial charge in [0.15, 0.2) is 5.82 Å². The van der Waals surface area contributed by atoms with E-state index >= 15 is 0 Å². The summed E-state index contributed by atoms with van der Waals surface area (Å²) >= 11 is 0. The zero-order valence-corrected chi connectivity index (χ0v) is 15.0. The van der Waals surface area contributed by atoms with Crippen LogP contribution in [0, 0.1) is 0 Å². The standard InChI is InChI=1S/C18H21N7O2/c1-27-15-7-11(4-6-21-15)14-8-13(16-17(19)22-10-23-25(14)16)18(26)24-12-3-2-5-20-9-12/h4,6-8,10,12,20H,2-3,5,9H2,1H3,(H,24,26)(H2,19,22,23)/t12-/m0/s1. The highest BCUT2D eigenvalue weighted by Crippen LogP contribution is 2.29. The van der Waals surface area contributed by atoms with Gasteiger partial charge in [-0.25, -0.2) is 14.5 Å². The number of nitrogens with zero attached hydrogens (tertiary/aromatic N) is 4. The Kier molecular flexibility index (Phi) is 4.59. The van der Waals surface area contributed by atoms with Crippen molar-refractivity contribution in [2.75, 3.05) is 25.9 Å². The number of pyridine rings is 1. The van der Waals surface area contributed by atoms with Crippen molar-refractivity contribution in [3.63, 3.8) is 0 Å². The molecule has 0 bridgehead atoms. The molecule has 27 heavy (non-hydrogen) atoms. The molecule has 140 valence electrons. The molecule has 9 heteroatoms. The lowest BCUT2D eigenvalue weighted by Crippen LogP contribution is -2.45. The minimum absolute atomic E-state index is 0.0940. The van der Waals surface area contributed by atoms with E-state index in [1.165, 1.54) is 6.33 Å². The molecule has 0 aromatic carbocycles. The number of fused-ring (bicyclic) bond motifs is 1. The van der Waals surface area contributed by atoms with Crippen LogP contribution in [0.2, 0.25) is 0 Å². The molecule has 1 aliphatic heterocycles. The largest absolute Gasteiger partial charge is 0.481 e. The number of anilines is 1. The summed E-state index contributed by atoms with van der Waals surface area (Å²) in [5, 5.41) is 10.7. The first-order valence-corrected chi connectivity index (χ1v) is 8.81. The molecular formula is C18H21N7O2. The van der Waals surface area contributed by atoms with Crippen molar-refractivity contribution in [1.29, 1.82) is 0 Å². The van der Waals surface area contributed by atoms with Gasteiger partial charge in [0.1, 0.15) is 11.8 Å². The molecule has 0 aliphatic carbocycles. The van der Waals surface area contributed by atoms with Crippen LogP contribution >= 0.6 is 0 Å². The Morgan fingerprint density at radius 2 is 2.30 bits per heavy atom. The monoisotopic (exact) mass is 367 g/mol. The Labute approximate surface area is 155 Å². The molecule has 4 N–H and O–H groups in total. The number of ether oxygens (including phenoxy) is 1. The molecule has 3 aromatic rings. The average Bonchev–Trinajstić information content (AvgIpc) is 3.10. The molecule has 0 saturated carbocycles. The van der Waals surface area contributed by atoms with E-state index in [0.29, 0.717) is 22.7 Å². The van der Waals surface area contributed by atoms with Crippen molar-refractivity contribution >= 4 is 17.2 Å². The minimum Gasteiger partial charge on any atom is -0.481 e. The number of nitrogens with one attached hydrogen (secondary N) is 2. The van der Waals surface area contributed by atoms with Crippen LogP contribution < -0.4 is 21.1 Å². The van der Waals surface area contributed by atoms with Gasteiger partial charge in [0.2, 0.25) is 5.88 Å². The molecule has 0 unspecified atom stereocenters. The maximum atomic E-state index is 12.9. The van der Waals surface area contributed by atoms with Gasteiger partial charge >= 0.3 is 0 Å². The van der Waals surface area contributed by atoms with E-state index in [-0.39, 0.29) is 17.8 Å². The third-order valence-electron chi connectivity index (χ3n) is 4.70. The van der Waals surface area contributed by atoms with Gasteiger partial charge in [0.25, 0.3) is 5.91 Å². The van der Waals surface area contributed by atoms with Gasteiger partial charge < -0.3 is 21.1 Å². The molecule has 1 saturated heterocycles. The number of hydrogen-bond donors (Lipinski definition) is 3. The molecule has 1 aliphatic rings. The predicted molar refractivity (Wildman–Crippen MR) is 101 cm³/mol. The first-order valence-electron chi connectivity index (χ1n) is 8.81. The first kappa shape index (κ1) is 17.2. The molecular weight excluding hydrogens is 346 g/mol. The fourth-order valence-corrected chi connectivity index (χ4v) is 3.37. The lowest BCUT2D eigenvalue weighted by molar-refractivity contribution is 0.0932. The SMILES string of the molecule is COc1cc(-c2cc(C(=O)N[C@H]3CCCNC3)c3c(N)ncnn23)ccn1. The third kappa shape index (κ3) is 3.28. The highest BCUT2D eigenvalue weighted by Gasteiger charge is 2.23. The highest BCUT2D eigenvalue weighted by molar-refractivity contribution is 6.05. The number of carbonyl (C=O) groups excluding carboxylic acids is 1. The number of methoxy groups -OCH3 is 1. The van der Waals surface area contributed by atoms with Crippen molar-refractivity contribution in [3.8, 4) is 17.1 Å². The minimum atomic E-state index is -0.185. The average molecular weight is 367 g/mol. The Morgan fingerprint density at radius 1 is 1.41 bits per heavy atom. The normalized spacial score (nSPS) is 17.0. The van der Waals surface area contributed by atoms with E-state index < -0.39 is 0 Å². The van der Waals surface area contributed by atoms with Crippen LogP contribution in [0.5, 0.6) is 5.88 Å². The summed E-state index contributed by atoms with van der Waals surface area (Å²) in [6.07, 6.45) is 5.00. The van der Waals surface area contributed by atoms with Crippen LogP contribution in [0.4, 0.5) is 5.82 Å². The van der Waals surface area contributed by atoms with E-state index in [4.69, 9.17) is 10.5 Å². The number of rotatable bonds is 4. The van der Waals surface area contributed by atoms with Crippen LogP contribution in [0.1, 0.15) is 23.2 Å². The summed E-state index contributed by atoms with van der Waals surface area (Å²) in [6, 6.07) is 5.49. The Morgan fingerprint density at radius 3 is 3.07 bits per heavy atom. The predicted octanol–water partition coefficient (Wildman–Crippen LogP) is 0.864. The van der Waals surface area contributed by atoms with E-state index in [2.05, 4.69) is 25.7 Å². The maximum Gasteiger partial charge on any atom is 0.253 e.